The van der Waals surface area contributed by atoms with Crippen LogP contribution in [0.3, 0.4) is 0 Å². The van der Waals surface area contributed by atoms with Gasteiger partial charge in [0, 0.05) is 9.27 Å². The molecule has 2 heterocycles. The van der Waals surface area contributed by atoms with E-state index in [-0.39, 0.29) is 44.1 Å². The van der Waals surface area contributed by atoms with E-state index in [1.165, 1.54) is 24.3 Å². The van der Waals surface area contributed by atoms with E-state index in [9.17, 15) is 19.2 Å². The fraction of sp³-hybridized carbons (Fsp3) is 0.243. The van der Waals surface area contributed by atoms with E-state index in [1.54, 1.807) is 67.8 Å². The summed E-state index contributed by atoms with van der Waals surface area (Å²) in [4.78, 5) is 47.2. The Labute approximate surface area is 303 Å². The second-order valence-electron chi connectivity index (χ2n) is 11.3. The number of carboxylic acid groups (broad SMARTS) is 1. The zero-order valence-corrected chi connectivity index (χ0v) is 29.3. The molecule has 0 amide bonds. The Kier molecular flexibility index (Phi) is 12.5. The molecule has 2 fully saturated rings. The number of rotatable bonds is 8. The predicted octanol–water partition coefficient (Wildman–Crippen LogP) is 7.04. The first-order valence-corrected chi connectivity index (χ1v) is 15.1. The minimum Gasteiger partial charge on any atom is -0.497 e. The summed E-state index contributed by atoms with van der Waals surface area (Å²) < 4.78 is 32.6. The SMILES string of the molecule is COc1ccc(C(=O)Oc2ccc(C(=O)O[C@@H]3COC4(C)CCOC34)cc2)cc1.Cc1ccc(C(=O)Oc2ccc(C(=O)O)cc2)cc1.I.[HH].[HH]. The van der Waals surface area contributed by atoms with Crippen LogP contribution in [0.1, 0.15) is 63.2 Å². The first kappa shape index (κ1) is 37.0. The third-order valence-electron chi connectivity index (χ3n) is 7.90. The standard InChI is InChI=1S/C22H22O7.C15H12O4.HI.2H2/c1-22-11-12-26-19(22)18(13-27-22)29-21(24)15-5-9-17(10-6-15)28-20(23)14-3-7-16(25-2)8-4-14;1-10-2-4-12(5-3-10)15(18)19-13-8-6-11(7-9-13)14(16)17;;;/h3-10,18-19H,11-13H2,1-2H3;2-9H,1H3,(H,16,17);3*1H/t18-,19?,22?;;;;/m1..../s1. The normalized spacial score (nSPS) is 18.8. The van der Waals surface area contributed by atoms with Crippen molar-refractivity contribution in [2.75, 3.05) is 20.3 Å². The monoisotopic (exact) mass is 786 g/mol. The summed E-state index contributed by atoms with van der Waals surface area (Å²) in [5.74, 6) is -1.15. The zero-order valence-electron chi connectivity index (χ0n) is 27.0. The lowest BCUT2D eigenvalue weighted by Crippen LogP contribution is -2.38. The molecule has 49 heavy (non-hydrogen) atoms. The van der Waals surface area contributed by atoms with Gasteiger partial charge in [0.1, 0.15) is 23.4 Å². The highest BCUT2D eigenvalue weighted by atomic mass is 127. The van der Waals surface area contributed by atoms with E-state index in [2.05, 4.69) is 0 Å². The minimum absolute atomic E-state index is 0. The molecule has 2 saturated heterocycles. The third kappa shape index (κ3) is 9.43. The molecule has 2 aliphatic heterocycles. The van der Waals surface area contributed by atoms with Gasteiger partial charge in [0.15, 0.2) is 6.10 Å². The van der Waals surface area contributed by atoms with Crippen LogP contribution in [0.4, 0.5) is 0 Å². The number of aromatic carboxylic acids is 1. The summed E-state index contributed by atoms with van der Waals surface area (Å²) in [6, 6.07) is 25.5. The van der Waals surface area contributed by atoms with Crippen LogP contribution < -0.4 is 14.2 Å². The maximum Gasteiger partial charge on any atom is 0.343 e. The number of hydrogen-bond donors (Lipinski definition) is 1. The van der Waals surface area contributed by atoms with Crippen LogP contribution in [-0.4, -0.2) is 67.1 Å². The Morgan fingerprint density at radius 2 is 1.16 bits per heavy atom. The van der Waals surface area contributed by atoms with Crippen LogP contribution in [0.25, 0.3) is 0 Å². The fourth-order valence-electron chi connectivity index (χ4n) is 5.10. The molecule has 0 aliphatic carbocycles. The van der Waals surface area contributed by atoms with Crippen molar-refractivity contribution < 1.29 is 55.6 Å². The highest BCUT2D eigenvalue weighted by Crippen LogP contribution is 2.38. The maximum atomic E-state index is 12.5. The second-order valence-corrected chi connectivity index (χ2v) is 11.3. The fourth-order valence-corrected chi connectivity index (χ4v) is 5.10. The van der Waals surface area contributed by atoms with Crippen molar-refractivity contribution >= 4 is 47.9 Å². The molecule has 260 valence electrons. The summed E-state index contributed by atoms with van der Waals surface area (Å²) in [6.45, 7) is 4.83. The lowest BCUT2D eigenvalue weighted by atomic mass is 9.97. The highest BCUT2D eigenvalue weighted by molar-refractivity contribution is 14.0. The molecule has 4 aromatic rings. The van der Waals surface area contributed by atoms with Gasteiger partial charge in [-0.25, -0.2) is 19.2 Å². The molecule has 2 unspecified atom stereocenters. The van der Waals surface area contributed by atoms with Gasteiger partial charge in [-0.3, -0.25) is 0 Å². The number of hydrogen-bond acceptors (Lipinski definition) is 10. The molecular formula is C37H39IO11. The van der Waals surface area contributed by atoms with Crippen molar-refractivity contribution in [3.8, 4) is 17.2 Å². The van der Waals surface area contributed by atoms with Crippen molar-refractivity contribution in [1.29, 1.82) is 0 Å². The minimum atomic E-state index is -1.02. The quantitative estimate of drug-likeness (QED) is 0.112. The number of carbonyl (C=O) groups is 4. The van der Waals surface area contributed by atoms with Gasteiger partial charge in [-0.1, -0.05) is 17.7 Å². The lowest BCUT2D eigenvalue weighted by molar-refractivity contribution is -0.0254. The van der Waals surface area contributed by atoms with E-state index in [0.717, 1.165) is 12.0 Å². The first-order valence-electron chi connectivity index (χ1n) is 15.1. The van der Waals surface area contributed by atoms with Gasteiger partial charge < -0.3 is 33.5 Å². The van der Waals surface area contributed by atoms with Gasteiger partial charge in [0.25, 0.3) is 0 Å². The maximum absolute atomic E-state index is 12.5. The molecule has 3 atom stereocenters. The largest absolute Gasteiger partial charge is 0.497 e. The van der Waals surface area contributed by atoms with Gasteiger partial charge in [0.2, 0.25) is 0 Å². The Bertz CT molecular complexity index is 1770. The molecule has 6 rings (SSSR count). The Morgan fingerprint density at radius 1 is 0.714 bits per heavy atom. The highest BCUT2D eigenvalue weighted by Gasteiger charge is 2.52. The molecule has 12 heteroatoms. The van der Waals surface area contributed by atoms with E-state index in [1.807, 2.05) is 26.0 Å². The number of carboxylic acids is 1. The van der Waals surface area contributed by atoms with Crippen LogP contribution in [0, 0.1) is 6.92 Å². The third-order valence-corrected chi connectivity index (χ3v) is 7.90. The number of esters is 3. The molecule has 0 bridgehead atoms. The van der Waals surface area contributed by atoms with Crippen molar-refractivity contribution in [3.05, 3.63) is 125 Å². The van der Waals surface area contributed by atoms with Gasteiger partial charge in [-0.15, -0.1) is 24.0 Å². The molecule has 4 aromatic carbocycles. The molecule has 1 N–H and O–H groups in total. The molecule has 0 spiro atoms. The van der Waals surface area contributed by atoms with Crippen molar-refractivity contribution in [2.24, 2.45) is 0 Å². The van der Waals surface area contributed by atoms with Gasteiger partial charge in [-0.05, 0) is 98.8 Å². The van der Waals surface area contributed by atoms with E-state index in [4.69, 9.17) is 33.5 Å². The summed E-state index contributed by atoms with van der Waals surface area (Å²) >= 11 is 0. The topological polar surface area (TPSA) is 144 Å². The predicted molar refractivity (Wildman–Crippen MR) is 191 cm³/mol. The molecule has 0 aromatic heterocycles. The van der Waals surface area contributed by atoms with E-state index in [0.29, 0.717) is 47.2 Å². The van der Waals surface area contributed by atoms with Crippen LogP contribution in [-0.2, 0) is 14.2 Å². The number of ether oxygens (including phenoxy) is 6. The van der Waals surface area contributed by atoms with Crippen LogP contribution in [0.15, 0.2) is 97.1 Å². The molecule has 0 radical (unpaired) electrons. The number of methoxy groups -OCH3 is 1. The van der Waals surface area contributed by atoms with E-state index < -0.39 is 30.0 Å². The summed E-state index contributed by atoms with van der Waals surface area (Å²) in [5.41, 5.74) is 2.03. The first-order chi connectivity index (χ1) is 23.0. The number of aryl methyl sites for hydroxylation is 1. The Morgan fingerprint density at radius 3 is 1.65 bits per heavy atom. The summed E-state index contributed by atoms with van der Waals surface area (Å²) in [7, 11) is 1.55. The Balaban J connectivity index is 0.000000360. The van der Waals surface area contributed by atoms with Crippen molar-refractivity contribution in [2.45, 2.75) is 38.1 Å². The number of carbonyl (C=O) groups excluding carboxylic acids is 3. The number of halogens is 1. The molecule has 11 nitrogen and oxygen atoms in total. The smallest absolute Gasteiger partial charge is 0.343 e. The Hall–Kier alpha value is -4.79. The summed E-state index contributed by atoms with van der Waals surface area (Å²) in [5, 5.41) is 8.75. The zero-order chi connectivity index (χ0) is 34.3. The molecular weight excluding hydrogens is 747 g/mol. The summed E-state index contributed by atoms with van der Waals surface area (Å²) in [6.07, 6.45) is 0.124. The van der Waals surface area contributed by atoms with Gasteiger partial charge >= 0.3 is 23.9 Å². The van der Waals surface area contributed by atoms with E-state index >= 15 is 0 Å². The van der Waals surface area contributed by atoms with Gasteiger partial charge in [0.05, 0.1) is 48.2 Å². The average Bonchev–Trinajstić information content (AvgIpc) is 3.62. The van der Waals surface area contributed by atoms with Crippen molar-refractivity contribution in [3.63, 3.8) is 0 Å². The van der Waals surface area contributed by atoms with Crippen LogP contribution in [0.2, 0.25) is 0 Å². The number of benzene rings is 4. The number of fused-ring (bicyclic) bond motifs is 1. The molecule has 2 aliphatic rings. The molecule has 0 saturated carbocycles. The lowest BCUT2D eigenvalue weighted by Gasteiger charge is -2.22. The average molecular weight is 787 g/mol. The van der Waals surface area contributed by atoms with Crippen LogP contribution in [0.5, 0.6) is 17.2 Å². The van der Waals surface area contributed by atoms with Crippen LogP contribution >= 0.6 is 24.0 Å². The van der Waals surface area contributed by atoms with Gasteiger partial charge in [-0.2, -0.15) is 0 Å². The second kappa shape index (κ2) is 16.5. The van der Waals surface area contributed by atoms with Crippen molar-refractivity contribution in [1.82, 2.24) is 0 Å².